The van der Waals surface area contributed by atoms with Crippen molar-refractivity contribution >= 4 is 21.6 Å². The van der Waals surface area contributed by atoms with Crippen LogP contribution in [0.1, 0.15) is 42.5 Å². The molecule has 1 aromatic carbocycles. The summed E-state index contributed by atoms with van der Waals surface area (Å²) in [6.45, 7) is 1.87. The zero-order valence-corrected chi connectivity index (χ0v) is 12.7. The van der Waals surface area contributed by atoms with Gasteiger partial charge in [0, 0.05) is 11.9 Å². The Hall–Kier alpha value is -0.580. The standard InChI is InChI=1S/C14H20ClNO2S/c1-11(16-19(17,18)9-8-15)13-7-6-12-4-2-3-5-14(12)10-13/h6-7,10-11,16H,2-5,8-9H2,1H3. The van der Waals surface area contributed by atoms with Crippen molar-refractivity contribution in [1.82, 2.24) is 4.72 Å². The summed E-state index contributed by atoms with van der Waals surface area (Å²) in [6, 6.07) is 6.09. The number of benzene rings is 1. The van der Waals surface area contributed by atoms with Crippen molar-refractivity contribution in [1.29, 1.82) is 0 Å². The van der Waals surface area contributed by atoms with E-state index < -0.39 is 10.0 Å². The highest BCUT2D eigenvalue weighted by Gasteiger charge is 2.17. The van der Waals surface area contributed by atoms with Gasteiger partial charge in [0.25, 0.3) is 0 Å². The van der Waals surface area contributed by atoms with Gasteiger partial charge in [0.15, 0.2) is 0 Å². The molecule has 1 atom stereocenters. The van der Waals surface area contributed by atoms with Gasteiger partial charge in [-0.2, -0.15) is 0 Å². The van der Waals surface area contributed by atoms with E-state index in [0.717, 1.165) is 18.4 Å². The normalized spacial score (nSPS) is 16.9. The van der Waals surface area contributed by atoms with Gasteiger partial charge in [0.05, 0.1) is 5.75 Å². The van der Waals surface area contributed by atoms with Crippen LogP contribution in [-0.2, 0) is 22.9 Å². The summed E-state index contributed by atoms with van der Waals surface area (Å²) in [7, 11) is -3.28. The molecule has 0 heterocycles. The van der Waals surface area contributed by atoms with Crippen molar-refractivity contribution in [2.24, 2.45) is 0 Å². The molecule has 19 heavy (non-hydrogen) atoms. The van der Waals surface area contributed by atoms with Gasteiger partial charge in [-0.05, 0) is 49.3 Å². The Morgan fingerprint density at radius 2 is 1.95 bits per heavy atom. The molecule has 1 aliphatic carbocycles. The van der Waals surface area contributed by atoms with Crippen LogP contribution < -0.4 is 4.72 Å². The molecule has 0 radical (unpaired) electrons. The van der Waals surface area contributed by atoms with Gasteiger partial charge < -0.3 is 0 Å². The number of hydrogen-bond acceptors (Lipinski definition) is 2. The molecular weight excluding hydrogens is 282 g/mol. The Morgan fingerprint density at radius 1 is 1.26 bits per heavy atom. The molecule has 1 N–H and O–H groups in total. The van der Waals surface area contributed by atoms with Gasteiger partial charge >= 0.3 is 0 Å². The van der Waals surface area contributed by atoms with Crippen LogP contribution in [-0.4, -0.2) is 20.1 Å². The third-order valence-corrected chi connectivity index (χ3v) is 5.44. The van der Waals surface area contributed by atoms with Gasteiger partial charge in [-0.25, -0.2) is 13.1 Å². The van der Waals surface area contributed by atoms with Crippen molar-refractivity contribution in [3.63, 3.8) is 0 Å². The summed E-state index contributed by atoms with van der Waals surface area (Å²) < 4.78 is 26.1. The van der Waals surface area contributed by atoms with Crippen LogP contribution >= 0.6 is 11.6 Å². The lowest BCUT2D eigenvalue weighted by atomic mass is 9.89. The number of aryl methyl sites for hydroxylation is 2. The van der Waals surface area contributed by atoms with Crippen LogP contribution in [0.4, 0.5) is 0 Å². The highest BCUT2D eigenvalue weighted by molar-refractivity contribution is 7.89. The average molecular weight is 302 g/mol. The van der Waals surface area contributed by atoms with E-state index >= 15 is 0 Å². The minimum atomic E-state index is -3.28. The number of fused-ring (bicyclic) bond motifs is 1. The molecular formula is C14H20ClNO2S. The van der Waals surface area contributed by atoms with E-state index in [-0.39, 0.29) is 17.7 Å². The first-order valence-electron chi connectivity index (χ1n) is 6.69. The quantitative estimate of drug-likeness (QED) is 0.850. The van der Waals surface area contributed by atoms with Crippen LogP contribution in [0.2, 0.25) is 0 Å². The molecule has 0 bridgehead atoms. The van der Waals surface area contributed by atoms with Gasteiger partial charge in [-0.15, -0.1) is 11.6 Å². The maximum Gasteiger partial charge on any atom is 0.213 e. The largest absolute Gasteiger partial charge is 0.213 e. The lowest BCUT2D eigenvalue weighted by molar-refractivity contribution is 0.568. The molecule has 2 rings (SSSR count). The van der Waals surface area contributed by atoms with E-state index in [2.05, 4.69) is 16.9 Å². The summed E-state index contributed by atoms with van der Waals surface area (Å²) in [5, 5.41) is 0. The molecule has 0 saturated carbocycles. The zero-order valence-electron chi connectivity index (χ0n) is 11.2. The van der Waals surface area contributed by atoms with Gasteiger partial charge in [0.2, 0.25) is 10.0 Å². The Bertz CT molecular complexity index is 542. The minimum Gasteiger partial charge on any atom is -0.212 e. The minimum absolute atomic E-state index is 0.0379. The second-order valence-electron chi connectivity index (χ2n) is 5.08. The topological polar surface area (TPSA) is 46.2 Å². The number of rotatable bonds is 5. The molecule has 0 amide bonds. The van der Waals surface area contributed by atoms with Gasteiger partial charge in [0.1, 0.15) is 0 Å². The van der Waals surface area contributed by atoms with Crippen molar-refractivity contribution in [2.75, 3.05) is 11.6 Å². The fourth-order valence-corrected chi connectivity index (χ4v) is 4.13. The Kier molecular flexibility index (Phi) is 4.87. The number of halogens is 1. The molecule has 1 unspecified atom stereocenters. The van der Waals surface area contributed by atoms with Gasteiger partial charge in [-0.3, -0.25) is 0 Å². The zero-order chi connectivity index (χ0) is 13.9. The van der Waals surface area contributed by atoms with Crippen molar-refractivity contribution in [3.8, 4) is 0 Å². The maximum absolute atomic E-state index is 11.7. The van der Waals surface area contributed by atoms with Crippen molar-refractivity contribution < 1.29 is 8.42 Å². The van der Waals surface area contributed by atoms with E-state index in [1.165, 1.54) is 24.0 Å². The van der Waals surface area contributed by atoms with E-state index in [9.17, 15) is 8.42 Å². The highest BCUT2D eigenvalue weighted by atomic mass is 35.5. The van der Waals surface area contributed by atoms with Crippen LogP contribution in [0.15, 0.2) is 18.2 Å². The number of nitrogens with one attached hydrogen (secondary N) is 1. The molecule has 0 aliphatic heterocycles. The average Bonchev–Trinajstić information content (AvgIpc) is 2.37. The predicted molar refractivity (Wildman–Crippen MR) is 79.1 cm³/mol. The molecule has 1 aromatic rings. The van der Waals surface area contributed by atoms with E-state index in [1.54, 1.807) is 0 Å². The Labute approximate surface area is 120 Å². The third-order valence-electron chi connectivity index (χ3n) is 3.57. The third kappa shape index (κ3) is 3.94. The number of alkyl halides is 1. The summed E-state index contributed by atoms with van der Waals surface area (Å²) in [5.74, 6) is 0.0794. The predicted octanol–water partition coefficient (Wildman–Crippen LogP) is 2.78. The molecule has 0 spiro atoms. The molecule has 0 aromatic heterocycles. The van der Waals surface area contributed by atoms with E-state index in [1.807, 2.05) is 13.0 Å². The summed E-state index contributed by atoms with van der Waals surface area (Å²) in [4.78, 5) is 0. The second kappa shape index (κ2) is 6.25. The molecule has 0 saturated heterocycles. The van der Waals surface area contributed by atoms with Crippen LogP contribution in [0.25, 0.3) is 0 Å². The Morgan fingerprint density at radius 3 is 2.63 bits per heavy atom. The smallest absolute Gasteiger partial charge is 0.212 e. The fourth-order valence-electron chi connectivity index (χ4n) is 2.52. The number of hydrogen-bond donors (Lipinski definition) is 1. The van der Waals surface area contributed by atoms with E-state index in [0.29, 0.717) is 0 Å². The molecule has 3 nitrogen and oxygen atoms in total. The maximum atomic E-state index is 11.7. The van der Waals surface area contributed by atoms with Crippen LogP contribution in [0, 0.1) is 0 Å². The Balaban J connectivity index is 2.13. The van der Waals surface area contributed by atoms with Gasteiger partial charge in [-0.1, -0.05) is 18.2 Å². The van der Waals surface area contributed by atoms with Crippen LogP contribution in [0.5, 0.6) is 0 Å². The SMILES string of the molecule is CC(NS(=O)(=O)CCCl)c1ccc2c(c1)CCCC2. The first kappa shape index (κ1) is 14.8. The van der Waals surface area contributed by atoms with Crippen LogP contribution in [0.3, 0.4) is 0 Å². The molecule has 1 aliphatic rings. The lowest BCUT2D eigenvalue weighted by Gasteiger charge is -2.20. The van der Waals surface area contributed by atoms with Crippen molar-refractivity contribution in [3.05, 3.63) is 34.9 Å². The molecule has 0 fully saturated rings. The first-order valence-corrected chi connectivity index (χ1v) is 8.88. The second-order valence-corrected chi connectivity index (χ2v) is 7.33. The summed E-state index contributed by atoms with van der Waals surface area (Å²) in [5.41, 5.74) is 3.80. The summed E-state index contributed by atoms with van der Waals surface area (Å²) in [6.07, 6.45) is 4.72. The van der Waals surface area contributed by atoms with E-state index in [4.69, 9.17) is 11.6 Å². The van der Waals surface area contributed by atoms with Crippen molar-refractivity contribution in [2.45, 2.75) is 38.6 Å². The monoisotopic (exact) mass is 301 g/mol. The lowest BCUT2D eigenvalue weighted by Crippen LogP contribution is -2.29. The fraction of sp³-hybridized carbons (Fsp3) is 0.571. The number of sulfonamides is 1. The first-order chi connectivity index (χ1) is 9.02. The summed E-state index contributed by atoms with van der Waals surface area (Å²) >= 11 is 5.49. The molecule has 106 valence electrons. The molecule has 5 heteroatoms. The highest BCUT2D eigenvalue weighted by Crippen LogP contribution is 2.25.